The third-order valence-electron chi connectivity index (χ3n) is 6.43. The zero-order chi connectivity index (χ0) is 25.1. The highest BCUT2D eigenvalue weighted by molar-refractivity contribution is 7.21. The predicted molar refractivity (Wildman–Crippen MR) is 137 cm³/mol. The Morgan fingerprint density at radius 2 is 1.89 bits per heavy atom. The minimum atomic E-state index is -0.517. The molecule has 4 aromatic rings. The Kier molecular flexibility index (Phi) is 6.78. The van der Waals surface area contributed by atoms with Gasteiger partial charge in [0.15, 0.2) is 0 Å². The van der Waals surface area contributed by atoms with E-state index >= 15 is 4.39 Å². The minimum absolute atomic E-state index is 0.0455. The lowest BCUT2D eigenvalue weighted by atomic mass is 9.92. The molecule has 0 saturated heterocycles. The van der Waals surface area contributed by atoms with Gasteiger partial charge in [-0.3, -0.25) is 9.59 Å². The van der Waals surface area contributed by atoms with Gasteiger partial charge >= 0.3 is 5.97 Å². The van der Waals surface area contributed by atoms with Gasteiger partial charge in [0.05, 0.1) is 12.3 Å². The number of carbonyl (C=O) groups is 2. The fraction of sp³-hybridized carbons (Fsp3) is 0.286. The van der Waals surface area contributed by atoms with Crippen molar-refractivity contribution in [3.63, 3.8) is 0 Å². The van der Waals surface area contributed by atoms with Crippen LogP contribution in [-0.2, 0) is 14.9 Å². The number of benzene rings is 2. The van der Waals surface area contributed by atoms with Crippen LogP contribution < -0.4 is 5.32 Å². The quantitative estimate of drug-likeness (QED) is 0.236. The van der Waals surface area contributed by atoms with E-state index in [4.69, 9.17) is 9.72 Å². The van der Waals surface area contributed by atoms with Gasteiger partial charge in [0.1, 0.15) is 21.2 Å². The lowest BCUT2D eigenvalue weighted by molar-refractivity contribution is -0.143. The van der Waals surface area contributed by atoms with Crippen molar-refractivity contribution in [3.8, 4) is 10.6 Å². The van der Waals surface area contributed by atoms with Crippen LogP contribution in [0, 0.1) is 5.82 Å². The first-order valence-corrected chi connectivity index (χ1v) is 12.9. The van der Waals surface area contributed by atoms with Crippen LogP contribution in [0.4, 0.5) is 4.39 Å². The number of carbonyl (C=O) groups excluding carboxylic acids is 2. The van der Waals surface area contributed by atoms with E-state index in [-0.39, 0.29) is 23.4 Å². The molecule has 2 heterocycles. The van der Waals surface area contributed by atoms with Crippen molar-refractivity contribution < 1.29 is 18.7 Å². The average molecular weight is 504 g/mol. The Bertz CT molecular complexity index is 1420. The summed E-state index contributed by atoms with van der Waals surface area (Å²) in [5.74, 6) is -1.21. The van der Waals surface area contributed by atoms with Gasteiger partial charge in [-0.05, 0) is 62.1 Å². The monoisotopic (exact) mass is 503 g/mol. The van der Waals surface area contributed by atoms with Crippen LogP contribution in [0.2, 0.25) is 0 Å². The molecule has 36 heavy (non-hydrogen) atoms. The number of fused-ring (bicyclic) bond motifs is 1. The minimum Gasteiger partial charge on any atom is -0.466 e. The summed E-state index contributed by atoms with van der Waals surface area (Å²) in [5, 5.41) is 3.23. The maximum Gasteiger partial charge on any atom is 0.305 e. The van der Waals surface area contributed by atoms with E-state index in [9.17, 15) is 9.59 Å². The number of hydrogen-bond acceptors (Lipinski definition) is 6. The number of nitrogens with one attached hydrogen (secondary N) is 1. The van der Waals surface area contributed by atoms with Crippen LogP contribution in [0.5, 0.6) is 0 Å². The summed E-state index contributed by atoms with van der Waals surface area (Å²) < 4.78 is 19.9. The van der Waals surface area contributed by atoms with E-state index in [0.29, 0.717) is 30.1 Å². The second-order valence-corrected chi connectivity index (χ2v) is 9.82. The van der Waals surface area contributed by atoms with Crippen molar-refractivity contribution in [2.24, 2.45) is 0 Å². The highest BCUT2D eigenvalue weighted by Crippen LogP contribution is 2.53. The van der Waals surface area contributed by atoms with Crippen LogP contribution >= 0.6 is 11.3 Å². The van der Waals surface area contributed by atoms with Crippen molar-refractivity contribution in [3.05, 3.63) is 83.3 Å². The van der Waals surface area contributed by atoms with Crippen molar-refractivity contribution >= 4 is 33.6 Å². The fourth-order valence-electron chi connectivity index (χ4n) is 4.37. The molecule has 184 valence electrons. The molecule has 1 fully saturated rings. The van der Waals surface area contributed by atoms with Crippen molar-refractivity contribution in [1.29, 1.82) is 0 Å². The predicted octanol–water partition coefficient (Wildman–Crippen LogP) is 5.65. The molecule has 8 heteroatoms. The molecular formula is C28H26FN3O3S. The zero-order valence-electron chi connectivity index (χ0n) is 19.9. The first-order chi connectivity index (χ1) is 17.5. The molecule has 6 nitrogen and oxygen atoms in total. The fourth-order valence-corrected chi connectivity index (χ4v) is 5.34. The van der Waals surface area contributed by atoms with Crippen molar-refractivity contribution in [2.45, 2.75) is 38.0 Å². The maximum atomic E-state index is 15.0. The number of pyridine rings is 1. The summed E-state index contributed by atoms with van der Waals surface area (Å²) in [6, 6.07) is 18.8. The topological polar surface area (TPSA) is 81.2 Å². The molecule has 0 unspecified atom stereocenters. The molecule has 0 spiro atoms. The van der Waals surface area contributed by atoms with Gasteiger partial charge in [-0.25, -0.2) is 14.4 Å². The smallest absolute Gasteiger partial charge is 0.305 e. The number of aromatic nitrogens is 2. The summed E-state index contributed by atoms with van der Waals surface area (Å²) >= 11 is 1.35. The number of ether oxygens (including phenoxy) is 1. The maximum absolute atomic E-state index is 15.0. The third kappa shape index (κ3) is 4.86. The molecule has 1 aliphatic rings. The molecule has 1 amide bonds. The summed E-state index contributed by atoms with van der Waals surface area (Å²) in [6.07, 6.45) is 2.79. The lowest BCUT2D eigenvalue weighted by Crippen LogP contribution is -2.25. The molecule has 5 rings (SSSR count). The first kappa shape index (κ1) is 24.1. The highest BCUT2D eigenvalue weighted by Gasteiger charge is 2.47. The molecule has 1 aliphatic carbocycles. The SMILES string of the molecule is CCOC(=O)CCCNC(=O)c1ccc(-c2nc3ccc(C4(c5ccccc5)CC4)nc3s2)c(F)c1. The number of esters is 1. The number of nitrogens with zero attached hydrogens (tertiary/aromatic N) is 2. The van der Waals surface area contributed by atoms with Gasteiger partial charge in [0.2, 0.25) is 0 Å². The van der Waals surface area contributed by atoms with Gasteiger partial charge in [0.25, 0.3) is 5.91 Å². The van der Waals surface area contributed by atoms with E-state index in [1.54, 1.807) is 19.1 Å². The number of halogens is 1. The number of hydrogen-bond donors (Lipinski definition) is 1. The summed E-state index contributed by atoms with van der Waals surface area (Å²) in [4.78, 5) is 34.1. The Labute approximate surface area is 212 Å². The van der Waals surface area contributed by atoms with Gasteiger partial charge in [-0.2, -0.15) is 0 Å². The van der Waals surface area contributed by atoms with E-state index in [1.807, 2.05) is 18.2 Å². The van der Waals surface area contributed by atoms with Crippen molar-refractivity contribution in [1.82, 2.24) is 15.3 Å². The molecule has 2 aromatic carbocycles. The summed E-state index contributed by atoms with van der Waals surface area (Å²) in [5.41, 5.74) is 3.52. The van der Waals surface area contributed by atoms with E-state index in [0.717, 1.165) is 28.9 Å². The van der Waals surface area contributed by atoms with Crippen LogP contribution in [0.15, 0.2) is 60.7 Å². The Balaban J connectivity index is 1.30. The van der Waals surface area contributed by atoms with Gasteiger partial charge in [-0.1, -0.05) is 41.7 Å². The van der Waals surface area contributed by atoms with Gasteiger partial charge in [0, 0.05) is 29.5 Å². The van der Waals surface area contributed by atoms with E-state index in [2.05, 4.69) is 34.6 Å². The standard InChI is InChI=1S/C28H26FN3O3S/c1-2-35-24(33)9-6-16-30-25(34)18-10-11-20(21(29)17-18)26-31-22-12-13-23(32-27(22)36-26)28(14-15-28)19-7-4-3-5-8-19/h3-5,7-8,10-13,17H,2,6,9,14-16H2,1H3,(H,30,34). The second-order valence-electron chi connectivity index (χ2n) is 8.85. The summed E-state index contributed by atoms with van der Waals surface area (Å²) in [7, 11) is 0. The molecule has 1 saturated carbocycles. The number of rotatable bonds is 9. The molecule has 2 aromatic heterocycles. The number of thiazole rings is 1. The van der Waals surface area contributed by atoms with Crippen LogP contribution in [0.1, 0.15) is 54.2 Å². The van der Waals surface area contributed by atoms with Crippen molar-refractivity contribution in [2.75, 3.05) is 13.2 Å². The third-order valence-corrected chi connectivity index (χ3v) is 7.43. The van der Waals surface area contributed by atoms with Gasteiger partial charge < -0.3 is 10.1 Å². The molecule has 0 radical (unpaired) electrons. The molecule has 0 bridgehead atoms. The average Bonchev–Trinajstić information content (AvgIpc) is 3.60. The zero-order valence-corrected chi connectivity index (χ0v) is 20.7. The number of amides is 1. The van der Waals surface area contributed by atoms with Crippen LogP contribution in [0.25, 0.3) is 20.9 Å². The van der Waals surface area contributed by atoms with E-state index < -0.39 is 11.7 Å². The van der Waals surface area contributed by atoms with Gasteiger partial charge in [-0.15, -0.1) is 0 Å². The Morgan fingerprint density at radius 3 is 2.61 bits per heavy atom. The largest absolute Gasteiger partial charge is 0.466 e. The normalized spacial score (nSPS) is 13.9. The molecular weight excluding hydrogens is 477 g/mol. The van der Waals surface area contributed by atoms with E-state index in [1.165, 1.54) is 23.0 Å². The molecule has 0 aliphatic heterocycles. The lowest BCUT2D eigenvalue weighted by Gasteiger charge is -2.14. The Morgan fingerprint density at radius 1 is 1.08 bits per heavy atom. The molecule has 0 atom stereocenters. The molecule has 1 N–H and O–H groups in total. The first-order valence-electron chi connectivity index (χ1n) is 12.1. The highest BCUT2D eigenvalue weighted by atomic mass is 32.1. The Hall–Kier alpha value is -3.65. The summed E-state index contributed by atoms with van der Waals surface area (Å²) in [6.45, 7) is 2.38. The van der Waals surface area contributed by atoms with Crippen LogP contribution in [-0.4, -0.2) is 35.0 Å². The second kappa shape index (κ2) is 10.1. The van der Waals surface area contributed by atoms with Crippen LogP contribution in [0.3, 0.4) is 0 Å².